The molecule has 1 atom stereocenters. The summed E-state index contributed by atoms with van der Waals surface area (Å²) in [6.45, 7) is 4.72. The summed E-state index contributed by atoms with van der Waals surface area (Å²) in [5.41, 5.74) is 4.31. The molecule has 134 valence electrons. The molecule has 2 aliphatic rings. The lowest BCUT2D eigenvalue weighted by molar-refractivity contribution is 0.0264. The third kappa shape index (κ3) is 2.69. The second-order valence-corrected chi connectivity index (χ2v) is 7.52. The summed E-state index contributed by atoms with van der Waals surface area (Å²) >= 11 is 0. The number of ether oxygens (including phenoxy) is 1. The van der Waals surface area contributed by atoms with Gasteiger partial charge in [0.25, 0.3) is 0 Å². The largest absolute Gasteiger partial charge is 0.374 e. The first-order valence-electron chi connectivity index (χ1n) is 9.44. The zero-order valence-corrected chi connectivity index (χ0v) is 15.0. The van der Waals surface area contributed by atoms with E-state index in [-0.39, 0.29) is 5.82 Å². The van der Waals surface area contributed by atoms with Crippen LogP contribution in [0.4, 0.5) is 10.1 Å². The van der Waals surface area contributed by atoms with Crippen LogP contribution in [0.5, 0.6) is 0 Å². The molecule has 3 aromatic rings. The predicted octanol–water partition coefficient (Wildman–Crippen LogP) is 4.69. The summed E-state index contributed by atoms with van der Waals surface area (Å²) in [4.78, 5) is 2.43. The van der Waals surface area contributed by atoms with Crippen molar-refractivity contribution in [2.24, 2.45) is 5.92 Å². The topological polar surface area (TPSA) is 17.4 Å². The SMILES string of the molecule is Cc1ccc(F)c2ccn(-c3cccc(N4CCOC(C5CC5)C4)c3)c12. The predicted molar refractivity (Wildman–Crippen MR) is 103 cm³/mol. The number of nitrogens with zero attached hydrogens (tertiary/aromatic N) is 2. The van der Waals surface area contributed by atoms with Crippen molar-refractivity contribution in [3.63, 3.8) is 0 Å². The molecule has 1 unspecified atom stereocenters. The van der Waals surface area contributed by atoms with Gasteiger partial charge in [-0.15, -0.1) is 0 Å². The van der Waals surface area contributed by atoms with Crippen LogP contribution < -0.4 is 4.90 Å². The number of anilines is 1. The smallest absolute Gasteiger partial charge is 0.132 e. The van der Waals surface area contributed by atoms with Crippen molar-refractivity contribution in [2.45, 2.75) is 25.9 Å². The summed E-state index contributed by atoms with van der Waals surface area (Å²) in [6, 6.07) is 13.8. The standard InChI is InChI=1S/C22H23FN2O/c1-15-5-8-20(23)19-9-10-25(22(15)19)18-4-2-3-17(13-18)24-11-12-26-21(14-24)16-6-7-16/h2-5,8-10,13,16,21H,6-7,11-12,14H2,1H3. The molecule has 0 spiro atoms. The number of hydrogen-bond donors (Lipinski definition) is 0. The average Bonchev–Trinajstić information content (AvgIpc) is 3.43. The monoisotopic (exact) mass is 350 g/mol. The van der Waals surface area contributed by atoms with Crippen LogP contribution in [-0.2, 0) is 4.74 Å². The quantitative estimate of drug-likeness (QED) is 0.682. The lowest BCUT2D eigenvalue weighted by atomic mass is 10.1. The van der Waals surface area contributed by atoms with Gasteiger partial charge in [0.05, 0.1) is 18.2 Å². The molecule has 26 heavy (non-hydrogen) atoms. The summed E-state index contributed by atoms with van der Waals surface area (Å²) in [5, 5.41) is 0.676. The number of benzene rings is 2. The van der Waals surface area contributed by atoms with E-state index in [1.54, 1.807) is 6.07 Å². The maximum atomic E-state index is 14.2. The second-order valence-electron chi connectivity index (χ2n) is 7.52. The van der Waals surface area contributed by atoms with Crippen LogP contribution in [0.15, 0.2) is 48.7 Å². The minimum absolute atomic E-state index is 0.166. The maximum Gasteiger partial charge on any atom is 0.132 e. The molecule has 2 aromatic carbocycles. The van der Waals surface area contributed by atoms with Gasteiger partial charge in [-0.05, 0) is 61.6 Å². The summed E-state index contributed by atoms with van der Waals surface area (Å²) < 4.78 is 22.2. The minimum Gasteiger partial charge on any atom is -0.374 e. The Bertz CT molecular complexity index is 960. The number of aryl methyl sites for hydroxylation is 1. The number of halogens is 1. The molecule has 0 amide bonds. The van der Waals surface area contributed by atoms with Gasteiger partial charge in [0, 0.05) is 36.0 Å². The van der Waals surface area contributed by atoms with Crippen LogP contribution in [0.3, 0.4) is 0 Å². The van der Waals surface area contributed by atoms with Gasteiger partial charge in [0.15, 0.2) is 0 Å². The van der Waals surface area contributed by atoms with E-state index in [0.717, 1.165) is 42.4 Å². The molecule has 0 radical (unpaired) electrons. The highest BCUT2D eigenvalue weighted by molar-refractivity contribution is 5.85. The zero-order chi connectivity index (χ0) is 17.7. The highest BCUT2D eigenvalue weighted by atomic mass is 19.1. The molecule has 2 fully saturated rings. The van der Waals surface area contributed by atoms with Crippen molar-refractivity contribution in [1.29, 1.82) is 0 Å². The number of morpholine rings is 1. The first-order valence-corrected chi connectivity index (χ1v) is 9.44. The Morgan fingerprint density at radius 3 is 2.77 bits per heavy atom. The van der Waals surface area contributed by atoms with E-state index in [9.17, 15) is 4.39 Å². The Morgan fingerprint density at radius 2 is 1.92 bits per heavy atom. The lowest BCUT2D eigenvalue weighted by Gasteiger charge is -2.35. The van der Waals surface area contributed by atoms with Gasteiger partial charge in [-0.2, -0.15) is 0 Å². The van der Waals surface area contributed by atoms with Crippen LogP contribution in [0, 0.1) is 18.7 Å². The summed E-state index contributed by atoms with van der Waals surface area (Å²) in [5.74, 6) is 0.584. The van der Waals surface area contributed by atoms with Crippen LogP contribution >= 0.6 is 0 Å². The van der Waals surface area contributed by atoms with Crippen molar-refractivity contribution < 1.29 is 9.13 Å². The number of rotatable bonds is 3. The molecule has 1 saturated carbocycles. The van der Waals surface area contributed by atoms with Crippen LogP contribution in [0.2, 0.25) is 0 Å². The fourth-order valence-corrected chi connectivity index (χ4v) is 4.11. The molecule has 1 aliphatic heterocycles. The molecule has 4 heteroatoms. The van der Waals surface area contributed by atoms with E-state index in [4.69, 9.17) is 4.74 Å². The normalized spacial score (nSPS) is 20.7. The second kappa shape index (κ2) is 6.13. The third-order valence-corrected chi connectivity index (χ3v) is 5.71. The van der Waals surface area contributed by atoms with Gasteiger partial charge in [0.2, 0.25) is 0 Å². The van der Waals surface area contributed by atoms with Crippen LogP contribution in [-0.4, -0.2) is 30.4 Å². The van der Waals surface area contributed by atoms with Gasteiger partial charge in [-0.3, -0.25) is 0 Å². The Labute approximate surface area is 153 Å². The van der Waals surface area contributed by atoms with Crippen molar-refractivity contribution in [2.75, 3.05) is 24.6 Å². The van der Waals surface area contributed by atoms with E-state index >= 15 is 0 Å². The van der Waals surface area contributed by atoms with Crippen LogP contribution in [0.1, 0.15) is 18.4 Å². The van der Waals surface area contributed by atoms with Gasteiger partial charge >= 0.3 is 0 Å². The van der Waals surface area contributed by atoms with E-state index in [1.807, 2.05) is 25.3 Å². The van der Waals surface area contributed by atoms with Gasteiger partial charge in [-0.1, -0.05) is 12.1 Å². The first kappa shape index (κ1) is 15.9. The number of fused-ring (bicyclic) bond motifs is 1. The minimum atomic E-state index is -0.166. The molecule has 5 rings (SSSR count). The molecule has 1 saturated heterocycles. The molecule has 1 aromatic heterocycles. The molecule has 3 nitrogen and oxygen atoms in total. The van der Waals surface area contributed by atoms with E-state index in [2.05, 4.69) is 33.7 Å². The molecular formula is C22H23FN2O. The summed E-state index contributed by atoms with van der Waals surface area (Å²) in [7, 11) is 0. The van der Waals surface area contributed by atoms with E-state index < -0.39 is 0 Å². The van der Waals surface area contributed by atoms with Gasteiger partial charge in [-0.25, -0.2) is 4.39 Å². The van der Waals surface area contributed by atoms with Gasteiger partial charge < -0.3 is 14.2 Å². The molecular weight excluding hydrogens is 327 g/mol. The highest BCUT2D eigenvalue weighted by Gasteiger charge is 2.35. The third-order valence-electron chi connectivity index (χ3n) is 5.71. The average molecular weight is 350 g/mol. The van der Waals surface area contributed by atoms with Crippen LogP contribution in [0.25, 0.3) is 16.6 Å². The molecule has 0 bridgehead atoms. The Morgan fingerprint density at radius 1 is 1.08 bits per heavy atom. The fraction of sp³-hybridized carbons (Fsp3) is 0.364. The van der Waals surface area contributed by atoms with Gasteiger partial charge in [0.1, 0.15) is 5.82 Å². The Balaban J connectivity index is 1.51. The Hall–Kier alpha value is -2.33. The van der Waals surface area contributed by atoms with Crippen molar-refractivity contribution in [3.8, 4) is 5.69 Å². The zero-order valence-electron chi connectivity index (χ0n) is 15.0. The van der Waals surface area contributed by atoms with Crippen molar-refractivity contribution in [3.05, 3.63) is 60.0 Å². The van der Waals surface area contributed by atoms with Crippen molar-refractivity contribution in [1.82, 2.24) is 4.57 Å². The Kier molecular flexibility index (Phi) is 3.75. The first-order chi connectivity index (χ1) is 12.7. The molecule has 0 N–H and O–H groups in total. The summed E-state index contributed by atoms with van der Waals surface area (Å²) in [6.07, 6.45) is 4.94. The number of aromatic nitrogens is 1. The van der Waals surface area contributed by atoms with E-state index in [1.165, 1.54) is 18.5 Å². The highest BCUT2D eigenvalue weighted by Crippen LogP contribution is 2.36. The van der Waals surface area contributed by atoms with E-state index in [0.29, 0.717) is 11.5 Å². The molecule has 1 aliphatic carbocycles. The maximum absolute atomic E-state index is 14.2. The van der Waals surface area contributed by atoms with Crippen molar-refractivity contribution >= 4 is 16.6 Å². The number of hydrogen-bond acceptors (Lipinski definition) is 2. The molecule has 2 heterocycles. The lowest BCUT2D eigenvalue weighted by Crippen LogP contribution is -2.43. The fourth-order valence-electron chi connectivity index (χ4n) is 4.11.